The van der Waals surface area contributed by atoms with Crippen molar-refractivity contribution >= 4 is 22.9 Å². The normalized spacial score (nSPS) is 16.9. The Labute approximate surface area is 159 Å². The van der Waals surface area contributed by atoms with E-state index in [1.807, 2.05) is 4.90 Å². The van der Waals surface area contributed by atoms with Gasteiger partial charge in [-0.2, -0.15) is 6.42 Å². The van der Waals surface area contributed by atoms with Crippen molar-refractivity contribution in [1.82, 2.24) is 4.90 Å². The van der Waals surface area contributed by atoms with Crippen LogP contribution in [0.3, 0.4) is 0 Å². The number of β-lactam (4-membered cyclic amide) rings is 1. The van der Waals surface area contributed by atoms with Crippen molar-refractivity contribution in [3.8, 4) is 5.06 Å². The monoisotopic (exact) mass is 400 g/mol. The molecule has 1 amide bonds. The van der Waals surface area contributed by atoms with Gasteiger partial charge in [-0.25, -0.2) is 0 Å². The van der Waals surface area contributed by atoms with Gasteiger partial charge in [0.1, 0.15) is 6.61 Å². The van der Waals surface area contributed by atoms with Gasteiger partial charge >= 0.3 is 5.69 Å². The first-order valence-corrected chi connectivity index (χ1v) is 7.95. The molecular weight excluding hydrogens is 381 g/mol. The van der Waals surface area contributed by atoms with Crippen LogP contribution in [-0.2, 0) is 37.5 Å². The molecule has 1 aliphatic heterocycles. The van der Waals surface area contributed by atoms with Crippen molar-refractivity contribution in [2.45, 2.75) is 38.1 Å². The fourth-order valence-electron chi connectivity index (χ4n) is 2.32. The van der Waals surface area contributed by atoms with E-state index in [0.717, 1.165) is 32.2 Å². The number of thiophene rings is 1. The summed E-state index contributed by atoms with van der Waals surface area (Å²) < 4.78 is 5.52. The number of nitro groups is 1. The number of hydrogen-bond acceptors (Lipinski definition) is 5. The second-order valence-corrected chi connectivity index (χ2v) is 5.90. The molecule has 119 valence electrons. The van der Waals surface area contributed by atoms with E-state index in [0.29, 0.717) is 18.1 Å². The van der Waals surface area contributed by atoms with Crippen LogP contribution < -0.4 is 4.74 Å². The minimum Gasteiger partial charge on any atom is -0.477 e. The minimum absolute atomic E-state index is 0. The molecule has 1 radical (unpaired) electrons. The van der Waals surface area contributed by atoms with Crippen LogP contribution in [0.1, 0.15) is 32.1 Å². The number of carbonyl (C=O) groups is 1. The third-order valence-electron chi connectivity index (χ3n) is 3.53. The van der Waals surface area contributed by atoms with Crippen LogP contribution in [0.25, 0.3) is 0 Å². The zero-order chi connectivity index (χ0) is 15.2. The van der Waals surface area contributed by atoms with Gasteiger partial charge in [0, 0.05) is 50.7 Å². The zero-order valence-corrected chi connectivity index (χ0v) is 16.1. The largest absolute Gasteiger partial charge is 0.477 e. The molecule has 8 heteroatoms. The molecule has 0 unspecified atom stereocenters. The standard InChI is InChI=1S/C14H19N2O4S.Y/c1-2-3-4-5-7-15-11(9-13(15)17)10-20-14-12(16(18)19)6-8-21-14;/h6,8,11H,1-5,7,9-10H2;/q-1;/t11-;/m1./s1. The molecule has 0 aliphatic carbocycles. The number of carbonyl (C=O) groups excluding carboxylic acids is 1. The summed E-state index contributed by atoms with van der Waals surface area (Å²) in [6, 6.07) is 1.47. The maximum Gasteiger partial charge on any atom is 0.322 e. The summed E-state index contributed by atoms with van der Waals surface area (Å²) in [6.45, 7) is 4.85. The molecule has 1 aromatic heterocycles. The average Bonchev–Trinajstić information content (AvgIpc) is 2.91. The molecule has 0 aromatic carbocycles. The van der Waals surface area contributed by atoms with Crippen molar-refractivity contribution in [3.05, 3.63) is 28.5 Å². The summed E-state index contributed by atoms with van der Waals surface area (Å²) >= 11 is 1.21. The van der Waals surface area contributed by atoms with Gasteiger partial charge in [-0.05, 0) is 6.42 Å². The Balaban J connectivity index is 0.00000242. The second kappa shape index (κ2) is 9.58. The summed E-state index contributed by atoms with van der Waals surface area (Å²) in [5, 5.41) is 12.7. The topological polar surface area (TPSA) is 72.7 Å². The second-order valence-electron chi connectivity index (χ2n) is 5.02. The molecule has 1 aliphatic rings. The summed E-state index contributed by atoms with van der Waals surface area (Å²) in [7, 11) is 0. The average molecular weight is 400 g/mol. The van der Waals surface area contributed by atoms with E-state index in [1.54, 1.807) is 5.38 Å². The van der Waals surface area contributed by atoms with E-state index < -0.39 is 4.92 Å². The third-order valence-corrected chi connectivity index (χ3v) is 4.35. The zero-order valence-electron chi connectivity index (χ0n) is 12.4. The Morgan fingerprint density at radius 2 is 2.23 bits per heavy atom. The van der Waals surface area contributed by atoms with Gasteiger partial charge in [0.2, 0.25) is 5.91 Å². The minimum atomic E-state index is -0.450. The Morgan fingerprint density at radius 3 is 2.86 bits per heavy atom. The number of unbranched alkanes of at least 4 members (excludes halogenated alkanes) is 3. The number of ether oxygens (including phenoxy) is 1. The van der Waals surface area contributed by atoms with Crippen molar-refractivity contribution in [2.75, 3.05) is 13.2 Å². The SMILES string of the molecule is [CH2-]CCCCCN1C(=O)C[C@@H]1COc1sccc1[N+](=O)[O-].[Y]. The maximum absolute atomic E-state index is 11.6. The molecule has 0 N–H and O–H groups in total. The fraction of sp³-hybridized carbons (Fsp3) is 0.571. The van der Waals surface area contributed by atoms with Crippen LogP contribution >= 0.6 is 11.3 Å². The van der Waals surface area contributed by atoms with Crippen LogP contribution in [0, 0.1) is 17.0 Å². The number of amides is 1. The van der Waals surface area contributed by atoms with Gasteiger partial charge in [0.25, 0.3) is 5.06 Å². The molecule has 0 saturated carbocycles. The molecule has 1 fully saturated rings. The summed E-state index contributed by atoms with van der Waals surface area (Å²) in [5.41, 5.74) is -0.00681. The van der Waals surface area contributed by atoms with Gasteiger partial charge in [-0.3, -0.25) is 14.9 Å². The van der Waals surface area contributed by atoms with Crippen LogP contribution in [-0.4, -0.2) is 34.9 Å². The number of likely N-dealkylation sites (tertiary alicyclic amines) is 1. The number of rotatable bonds is 9. The molecule has 22 heavy (non-hydrogen) atoms. The first-order valence-electron chi connectivity index (χ1n) is 7.07. The Kier molecular flexibility index (Phi) is 8.50. The van der Waals surface area contributed by atoms with Crippen LogP contribution in [0.15, 0.2) is 11.4 Å². The Hall–Kier alpha value is -0.526. The van der Waals surface area contributed by atoms with Gasteiger partial charge in [-0.15, -0.1) is 11.3 Å². The van der Waals surface area contributed by atoms with E-state index in [1.165, 1.54) is 17.4 Å². The van der Waals surface area contributed by atoms with Gasteiger partial charge in [0.15, 0.2) is 0 Å². The van der Waals surface area contributed by atoms with Crippen molar-refractivity contribution < 1.29 is 47.2 Å². The molecule has 0 bridgehead atoms. The van der Waals surface area contributed by atoms with E-state index in [2.05, 4.69) is 6.92 Å². The van der Waals surface area contributed by atoms with Gasteiger partial charge in [0.05, 0.1) is 17.4 Å². The van der Waals surface area contributed by atoms with Crippen molar-refractivity contribution in [3.63, 3.8) is 0 Å². The smallest absolute Gasteiger partial charge is 0.322 e. The summed E-state index contributed by atoms with van der Waals surface area (Å²) in [5.74, 6) is 0.138. The first-order chi connectivity index (χ1) is 10.1. The maximum atomic E-state index is 11.6. The number of nitrogens with zero attached hydrogens (tertiary/aromatic N) is 2. The molecule has 1 atom stereocenters. The predicted molar refractivity (Wildman–Crippen MR) is 80.4 cm³/mol. The molecule has 0 spiro atoms. The van der Waals surface area contributed by atoms with Crippen LogP contribution in [0.5, 0.6) is 5.06 Å². The molecule has 2 heterocycles. The van der Waals surface area contributed by atoms with E-state index >= 15 is 0 Å². The first kappa shape index (κ1) is 19.5. The summed E-state index contributed by atoms with van der Waals surface area (Å²) in [4.78, 5) is 23.7. The van der Waals surface area contributed by atoms with Gasteiger partial charge in [-0.1, -0.05) is 12.8 Å². The Morgan fingerprint density at radius 1 is 1.45 bits per heavy atom. The molecule has 6 nitrogen and oxygen atoms in total. The van der Waals surface area contributed by atoms with Crippen molar-refractivity contribution in [1.29, 1.82) is 0 Å². The molecule has 2 rings (SSSR count). The van der Waals surface area contributed by atoms with E-state index in [9.17, 15) is 14.9 Å². The van der Waals surface area contributed by atoms with Crippen LogP contribution in [0.2, 0.25) is 0 Å². The van der Waals surface area contributed by atoms with Crippen molar-refractivity contribution in [2.24, 2.45) is 0 Å². The molecule has 1 saturated heterocycles. The van der Waals surface area contributed by atoms with Crippen LogP contribution in [0.4, 0.5) is 5.69 Å². The molecular formula is C14H19N2O4SY-. The van der Waals surface area contributed by atoms with E-state index in [4.69, 9.17) is 4.74 Å². The van der Waals surface area contributed by atoms with Gasteiger partial charge < -0.3 is 16.6 Å². The fourth-order valence-corrected chi connectivity index (χ4v) is 3.04. The molecule has 1 aromatic rings. The Bertz CT molecular complexity index is 509. The predicted octanol–water partition coefficient (Wildman–Crippen LogP) is 3.03. The quantitative estimate of drug-likeness (QED) is 0.210. The van der Waals surface area contributed by atoms with E-state index in [-0.39, 0.29) is 50.3 Å². The third kappa shape index (κ3) is 5.00. The number of hydrogen-bond donors (Lipinski definition) is 0. The summed E-state index contributed by atoms with van der Waals surface area (Å²) in [6.07, 6.45) is 4.50.